The first kappa shape index (κ1) is 4.07. The molecule has 0 atom stereocenters. The van der Waals surface area contributed by atoms with Crippen LogP contribution in [0.15, 0.2) is 11.8 Å². The van der Waals surface area contributed by atoms with Gasteiger partial charge in [-0.2, -0.15) is 4.99 Å². The molecule has 2 heteroatoms. The van der Waals surface area contributed by atoms with Gasteiger partial charge in [0.15, 0.2) is 0 Å². The molecule has 0 unspecified atom stereocenters. The second kappa shape index (κ2) is 1.57. The first-order valence-electron chi connectivity index (χ1n) is 1.99. The van der Waals surface area contributed by atoms with Crippen LogP contribution in [0.4, 0.5) is 0 Å². The monoisotopic (exact) mass is 94.0 g/mol. The fourth-order valence-electron chi connectivity index (χ4n) is 0.350. The highest BCUT2D eigenvalue weighted by Crippen LogP contribution is 1.64. The lowest BCUT2D eigenvalue weighted by Crippen LogP contribution is -2.70. The Morgan fingerprint density at radius 1 is 1.86 bits per heavy atom. The molecule has 0 aromatic carbocycles. The van der Waals surface area contributed by atoms with E-state index in [9.17, 15) is 4.79 Å². The van der Waals surface area contributed by atoms with E-state index >= 15 is 0 Å². The van der Waals surface area contributed by atoms with E-state index in [0.29, 0.717) is 6.54 Å². The molecule has 0 aromatic rings. The van der Waals surface area contributed by atoms with Crippen molar-refractivity contribution in [2.75, 3.05) is 6.54 Å². The van der Waals surface area contributed by atoms with E-state index in [1.165, 1.54) is 6.08 Å². The number of ketones is 1. The third-order valence-electron chi connectivity index (χ3n) is 0.656. The smallest absolute Gasteiger partial charge is 0.229 e. The zero-order chi connectivity index (χ0) is 5.11. The van der Waals surface area contributed by atoms with E-state index in [1.54, 1.807) is 0 Å². The van der Waals surface area contributed by atoms with Crippen LogP contribution in [0.2, 0.25) is 0 Å². The van der Waals surface area contributed by atoms with Gasteiger partial charge in [-0.3, -0.25) is 4.79 Å². The lowest BCUT2D eigenvalue weighted by Gasteiger charge is -1.76. The average Bonchev–Trinajstić information content (AvgIpc) is 1.69. The van der Waals surface area contributed by atoms with Crippen LogP contribution < -0.4 is 4.99 Å². The molecule has 0 bridgehead atoms. The predicted molar refractivity (Wildman–Crippen MR) is 23.9 cm³/mol. The summed E-state index contributed by atoms with van der Waals surface area (Å²) in [6.07, 6.45) is 1.37. The molecular weight excluding hydrogens is 90.1 g/mol. The maximum atomic E-state index is 10.2. The van der Waals surface area contributed by atoms with Crippen LogP contribution in [0.1, 0.15) is 0 Å². The molecular formula is C5H4NO+. The molecule has 0 spiro atoms. The van der Waals surface area contributed by atoms with E-state index in [4.69, 9.17) is 0 Å². The SMILES string of the molecule is O=C1C=C=C=[NH+]C1. The summed E-state index contributed by atoms with van der Waals surface area (Å²) in [5, 5.41) is 0. The third kappa shape index (κ3) is 0.866. The van der Waals surface area contributed by atoms with Crippen LogP contribution in [-0.2, 0) is 4.79 Å². The second-order valence-electron chi connectivity index (χ2n) is 1.23. The molecule has 1 rings (SSSR count). The van der Waals surface area contributed by atoms with Crippen molar-refractivity contribution in [3.8, 4) is 0 Å². The molecule has 0 fully saturated rings. The summed E-state index contributed by atoms with van der Waals surface area (Å²) in [7, 11) is 0. The lowest BCUT2D eigenvalue weighted by molar-refractivity contribution is -0.435. The molecule has 34 valence electrons. The molecule has 0 saturated heterocycles. The molecule has 1 aliphatic heterocycles. The number of hydrogen-bond acceptors (Lipinski definition) is 1. The van der Waals surface area contributed by atoms with E-state index in [-0.39, 0.29) is 5.78 Å². The van der Waals surface area contributed by atoms with Crippen LogP contribution in [0.3, 0.4) is 0 Å². The van der Waals surface area contributed by atoms with Crippen LogP contribution in [0, 0.1) is 0 Å². The number of carbonyl (C=O) groups is 1. The summed E-state index contributed by atoms with van der Waals surface area (Å²) in [6.45, 7) is 0.368. The molecule has 1 aliphatic rings. The summed E-state index contributed by atoms with van der Waals surface area (Å²) >= 11 is 0. The second-order valence-corrected chi connectivity index (χ2v) is 1.23. The molecule has 1 heterocycles. The maximum absolute atomic E-state index is 10.2. The Balaban J connectivity index is 2.99. The van der Waals surface area contributed by atoms with E-state index in [1.807, 2.05) is 0 Å². The molecule has 7 heavy (non-hydrogen) atoms. The van der Waals surface area contributed by atoms with Crippen molar-refractivity contribution < 1.29 is 9.79 Å². The fraction of sp³-hybridized carbons (Fsp3) is 0.200. The molecule has 0 aromatic heterocycles. The van der Waals surface area contributed by atoms with Gasteiger partial charge in [0.25, 0.3) is 0 Å². The average molecular weight is 94.1 g/mol. The highest BCUT2D eigenvalue weighted by Gasteiger charge is 1.97. The summed E-state index contributed by atoms with van der Waals surface area (Å²) in [5.41, 5.74) is 2.50. The number of nitrogens with one attached hydrogen (secondary N) is 1. The van der Waals surface area contributed by atoms with Crippen LogP contribution in [0.25, 0.3) is 0 Å². The number of carbonyl (C=O) groups excluding carboxylic acids is 1. The highest BCUT2D eigenvalue weighted by atomic mass is 16.1. The Morgan fingerprint density at radius 3 is 3.00 bits per heavy atom. The van der Waals surface area contributed by atoms with Gasteiger partial charge < -0.3 is 0 Å². The van der Waals surface area contributed by atoms with Gasteiger partial charge in [-0.15, -0.1) is 0 Å². The Bertz CT molecular complexity index is 180. The zero-order valence-electron chi connectivity index (χ0n) is 3.69. The van der Waals surface area contributed by atoms with Crippen molar-refractivity contribution in [1.29, 1.82) is 0 Å². The van der Waals surface area contributed by atoms with Gasteiger partial charge in [-0.25, -0.2) is 0 Å². The first-order chi connectivity index (χ1) is 3.39. The molecule has 1 N–H and O–H groups in total. The molecule has 0 amide bonds. The van der Waals surface area contributed by atoms with Crippen molar-refractivity contribution in [1.82, 2.24) is 0 Å². The quantitative estimate of drug-likeness (QED) is 0.347. The van der Waals surface area contributed by atoms with Gasteiger partial charge in [0.2, 0.25) is 18.2 Å². The Morgan fingerprint density at radius 2 is 2.71 bits per heavy atom. The minimum atomic E-state index is 0.0544. The topological polar surface area (TPSA) is 31.0 Å². The largest absolute Gasteiger partial charge is 0.287 e. The van der Waals surface area contributed by atoms with E-state index < -0.39 is 0 Å². The van der Waals surface area contributed by atoms with Crippen molar-refractivity contribution in [3.63, 3.8) is 0 Å². The van der Waals surface area contributed by atoms with Crippen molar-refractivity contribution >= 4 is 11.7 Å². The van der Waals surface area contributed by atoms with Gasteiger partial charge in [0.1, 0.15) is 0 Å². The standard InChI is InChI=1S/C5H3NO/c7-5-2-1-3-6-4-5/h2H,4H2/p+1. The van der Waals surface area contributed by atoms with Gasteiger partial charge in [0, 0.05) is 11.8 Å². The minimum Gasteiger partial charge on any atom is -0.287 e. The molecule has 0 aliphatic carbocycles. The summed E-state index contributed by atoms with van der Waals surface area (Å²) in [5.74, 6) is 2.59. The number of hydrogen-bond donors (Lipinski definition) is 1. The Hall–Kier alpha value is -1.10. The summed E-state index contributed by atoms with van der Waals surface area (Å²) < 4.78 is 0. The van der Waals surface area contributed by atoms with Gasteiger partial charge >= 0.3 is 0 Å². The number of rotatable bonds is 0. The maximum Gasteiger partial charge on any atom is 0.229 e. The van der Waals surface area contributed by atoms with E-state index in [2.05, 4.69) is 16.6 Å². The van der Waals surface area contributed by atoms with Crippen molar-refractivity contribution in [2.45, 2.75) is 0 Å². The molecule has 0 saturated carbocycles. The van der Waals surface area contributed by atoms with Crippen LogP contribution >= 0.6 is 0 Å². The van der Waals surface area contributed by atoms with Gasteiger partial charge in [-0.1, -0.05) is 0 Å². The van der Waals surface area contributed by atoms with Gasteiger partial charge in [-0.05, 0) is 0 Å². The molecule has 0 radical (unpaired) electrons. The zero-order valence-corrected chi connectivity index (χ0v) is 3.69. The predicted octanol–water partition coefficient (Wildman–Crippen LogP) is -1.97. The Kier molecular flexibility index (Phi) is 0.910. The third-order valence-corrected chi connectivity index (χ3v) is 0.656. The van der Waals surface area contributed by atoms with Crippen LogP contribution in [-0.4, -0.2) is 18.2 Å². The van der Waals surface area contributed by atoms with Crippen LogP contribution in [0.5, 0.6) is 0 Å². The summed E-state index contributed by atoms with van der Waals surface area (Å²) in [4.78, 5) is 12.8. The fourth-order valence-corrected chi connectivity index (χ4v) is 0.350. The Labute approximate surface area is 40.9 Å². The van der Waals surface area contributed by atoms with Crippen molar-refractivity contribution in [3.05, 3.63) is 11.8 Å². The highest BCUT2D eigenvalue weighted by molar-refractivity contribution is 5.91. The van der Waals surface area contributed by atoms with Gasteiger partial charge in [0.05, 0.1) is 0 Å². The molecule has 2 nitrogen and oxygen atoms in total. The van der Waals surface area contributed by atoms with E-state index in [0.717, 1.165) is 0 Å². The normalized spacial score (nSPS) is 15.7. The summed E-state index contributed by atoms with van der Waals surface area (Å²) in [6, 6.07) is 0. The minimum absolute atomic E-state index is 0.0544. The first-order valence-corrected chi connectivity index (χ1v) is 1.99. The lowest BCUT2D eigenvalue weighted by atomic mass is 10.4. The van der Waals surface area contributed by atoms with Crippen molar-refractivity contribution in [2.24, 2.45) is 0 Å².